The molecule has 0 amide bonds. The molecule has 0 radical (unpaired) electrons. The first-order valence-electron chi connectivity index (χ1n) is 2.16. The smallest absolute Gasteiger partial charge is 0.210 e. The number of rotatable bonds is 3. The number of hydrogen-bond donors (Lipinski definition) is 1. The largest absolute Gasteiger partial charge is 0.229 e. The van der Waals surface area contributed by atoms with Crippen LogP contribution in [0.1, 0.15) is 0 Å². The van der Waals surface area contributed by atoms with Crippen LogP contribution in [0, 0.1) is 0 Å². The lowest BCUT2D eigenvalue weighted by Crippen LogP contribution is -2.24. The Labute approximate surface area is 64.2 Å². The number of primary sulfonamides is 1. The highest BCUT2D eigenvalue weighted by molar-refractivity contribution is 7.89. The fourth-order valence-corrected chi connectivity index (χ4v) is 1.68. The Kier molecular flexibility index (Phi) is 3.80. The minimum atomic E-state index is -3.45. The quantitative estimate of drug-likeness (QED) is 0.645. The van der Waals surface area contributed by atoms with Crippen molar-refractivity contribution in [2.45, 2.75) is 5.38 Å². The number of alkyl halides is 2. The number of hydrogen-bond acceptors (Lipinski definition) is 2. The molecule has 0 rings (SSSR count). The SMILES string of the molecule is NS(=O)(=O)CC(Cl)CCl. The minimum absolute atomic E-state index is 0.0952. The molecule has 0 fully saturated rings. The zero-order chi connectivity index (χ0) is 7.49. The van der Waals surface area contributed by atoms with E-state index >= 15 is 0 Å². The molecule has 0 heterocycles. The number of halogens is 2. The van der Waals surface area contributed by atoms with Crippen LogP contribution in [0.3, 0.4) is 0 Å². The van der Waals surface area contributed by atoms with Crippen LogP contribution < -0.4 is 5.14 Å². The zero-order valence-electron chi connectivity index (χ0n) is 4.55. The van der Waals surface area contributed by atoms with E-state index in [2.05, 4.69) is 5.14 Å². The molecule has 1 atom stereocenters. The summed E-state index contributed by atoms with van der Waals surface area (Å²) in [6, 6.07) is 0. The highest BCUT2D eigenvalue weighted by atomic mass is 35.5. The van der Waals surface area contributed by atoms with Crippen molar-refractivity contribution < 1.29 is 8.42 Å². The Morgan fingerprint density at radius 1 is 1.56 bits per heavy atom. The zero-order valence-corrected chi connectivity index (χ0v) is 6.88. The maximum atomic E-state index is 10.2. The van der Waals surface area contributed by atoms with Gasteiger partial charge in [-0.1, -0.05) is 0 Å². The summed E-state index contributed by atoms with van der Waals surface area (Å²) in [5.74, 6) is -0.171. The van der Waals surface area contributed by atoms with Crippen molar-refractivity contribution >= 4 is 33.2 Å². The van der Waals surface area contributed by atoms with Gasteiger partial charge in [-0.25, -0.2) is 13.6 Å². The van der Waals surface area contributed by atoms with Gasteiger partial charge < -0.3 is 0 Å². The summed E-state index contributed by atoms with van der Waals surface area (Å²) in [6.07, 6.45) is 0. The average Bonchev–Trinajstić information content (AvgIpc) is 1.62. The first-order chi connectivity index (χ1) is 3.95. The highest BCUT2D eigenvalue weighted by Crippen LogP contribution is 1.99. The summed E-state index contributed by atoms with van der Waals surface area (Å²) < 4.78 is 20.5. The van der Waals surface area contributed by atoms with Crippen LogP contribution in [0.25, 0.3) is 0 Å². The van der Waals surface area contributed by atoms with Crippen LogP contribution in [0.5, 0.6) is 0 Å². The van der Waals surface area contributed by atoms with Gasteiger partial charge in [-0.3, -0.25) is 0 Å². The molecule has 2 N–H and O–H groups in total. The molecule has 6 heteroatoms. The molecule has 0 saturated carbocycles. The molecule has 0 aromatic rings. The first-order valence-corrected chi connectivity index (χ1v) is 4.85. The molecule has 0 saturated heterocycles. The first kappa shape index (κ1) is 9.49. The third-order valence-corrected chi connectivity index (χ3v) is 2.47. The predicted octanol–water partition coefficient (Wildman–Crippen LogP) is 0.121. The Balaban J connectivity index is 3.75. The van der Waals surface area contributed by atoms with Crippen molar-refractivity contribution in [3.05, 3.63) is 0 Å². The van der Waals surface area contributed by atoms with Gasteiger partial charge in [0.1, 0.15) is 0 Å². The lowest BCUT2D eigenvalue weighted by molar-refractivity contribution is 0.597. The van der Waals surface area contributed by atoms with Crippen LogP contribution in [0.2, 0.25) is 0 Å². The highest BCUT2D eigenvalue weighted by Gasteiger charge is 2.10. The topological polar surface area (TPSA) is 60.2 Å². The van der Waals surface area contributed by atoms with E-state index in [-0.39, 0.29) is 11.6 Å². The molecular weight excluding hydrogens is 185 g/mol. The van der Waals surface area contributed by atoms with E-state index in [0.29, 0.717) is 0 Å². The van der Waals surface area contributed by atoms with E-state index in [0.717, 1.165) is 0 Å². The molecule has 0 aliphatic heterocycles. The normalized spacial score (nSPS) is 15.4. The van der Waals surface area contributed by atoms with Gasteiger partial charge in [0.05, 0.1) is 11.1 Å². The van der Waals surface area contributed by atoms with Crippen LogP contribution in [0.15, 0.2) is 0 Å². The second-order valence-corrected chi connectivity index (χ2v) is 4.17. The van der Waals surface area contributed by atoms with E-state index in [9.17, 15) is 8.42 Å². The van der Waals surface area contributed by atoms with Crippen LogP contribution in [0.4, 0.5) is 0 Å². The number of nitrogens with two attached hydrogens (primary N) is 1. The standard InChI is InChI=1S/C3H7Cl2NO2S/c4-1-3(5)2-9(6,7)8/h3H,1-2H2,(H2,6,7,8). The summed E-state index contributed by atoms with van der Waals surface area (Å²) in [7, 11) is -3.45. The molecule has 9 heavy (non-hydrogen) atoms. The van der Waals surface area contributed by atoms with E-state index < -0.39 is 15.4 Å². The summed E-state index contributed by atoms with van der Waals surface area (Å²) in [5, 5.41) is 4.06. The Bertz CT molecular complexity index is 167. The van der Waals surface area contributed by atoms with Crippen molar-refractivity contribution in [2.24, 2.45) is 5.14 Å². The number of sulfonamides is 1. The Hall–Kier alpha value is 0.490. The van der Waals surface area contributed by atoms with Gasteiger partial charge in [0.2, 0.25) is 10.0 Å². The van der Waals surface area contributed by atoms with Gasteiger partial charge >= 0.3 is 0 Å². The van der Waals surface area contributed by atoms with Crippen molar-refractivity contribution in [3.63, 3.8) is 0 Å². The molecule has 0 spiro atoms. The van der Waals surface area contributed by atoms with E-state index in [1.54, 1.807) is 0 Å². The summed E-state index contributed by atoms with van der Waals surface area (Å²) in [6.45, 7) is 0. The van der Waals surface area contributed by atoms with Crippen LogP contribution in [-0.4, -0.2) is 25.4 Å². The molecule has 1 unspecified atom stereocenters. The Morgan fingerprint density at radius 3 is 2.11 bits per heavy atom. The van der Waals surface area contributed by atoms with E-state index in [1.807, 2.05) is 0 Å². The monoisotopic (exact) mass is 191 g/mol. The second kappa shape index (κ2) is 3.61. The minimum Gasteiger partial charge on any atom is -0.229 e. The predicted molar refractivity (Wildman–Crippen MR) is 38.3 cm³/mol. The van der Waals surface area contributed by atoms with Gasteiger partial charge in [-0.15, -0.1) is 23.2 Å². The van der Waals surface area contributed by atoms with Crippen LogP contribution >= 0.6 is 23.2 Å². The molecule has 3 nitrogen and oxygen atoms in total. The molecule has 0 aromatic heterocycles. The van der Waals surface area contributed by atoms with Gasteiger partial charge in [0.15, 0.2) is 0 Å². The molecule has 0 bridgehead atoms. The van der Waals surface area contributed by atoms with Gasteiger partial charge in [0.25, 0.3) is 0 Å². The van der Waals surface area contributed by atoms with Crippen molar-refractivity contribution in [3.8, 4) is 0 Å². The van der Waals surface area contributed by atoms with Crippen molar-refractivity contribution in [1.82, 2.24) is 0 Å². The molecule has 56 valence electrons. The molecule has 0 aromatic carbocycles. The van der Waals surface area contributed by atoms with Crippen LogP contribution in [-0.2, 0) is 10.0 Å². The van der Waals surface area contributed by atoms with E-state index in [4.69, 9.17) is 23.2 Å². The van der Waals surface area contributed by atoms with Gasteiger partial charge in [0, 0.05) is 5.88 Å². The van der Waals surface area contributed by atoms with Crippen molar-refractivity contribution in [1.29, 1.82) is 0 Å². The van der Waals surface area contributed by atoms with Crippen molar-refractivity contribution in [2.75, 3.05) is 11.6 Å². The molecule has 0 aliphatic carbocycles. The maximum absolute atomic E-state index is 10.2. The molecule has 0 aliphatic rings. The fourth-order valence-electron chi connectivity index (χ4n) is 0.297. The lowest BCUT2D eigenvalue weighted by Gasteiger charge is -2.00. The Morgan fingerprint density at radius 2 is 2.00 bits per heavy atom. The summed E-state index contributed by atoms with van der Waals surface area (Å²) in [5.41, 5.74) is 0. The lowest BCUT2D eigenvalue weighted by atomic mass is 10.6. The average molecular weight is 192 g/mol. The molecular formula is C3H7Cl2NO2S. The second-order valence-electron chi connectivity index (χ2n) is 1.58. The van der Waals surface area contributed by atoms with Gasteiger partial charge in [-0.05, 0) is 0 Å². The van der Waals surface area contributed by atoms with Gasteiger partial charge in [-0.2, -0.15) is 0 Å². The fraction of sp³-hybridized carbons (Fsp3) is 1.00. The third kappa shape index (κ3) is 6.37. The van der Waals surface area contributed by atoms with E-state index in [1.165, 1.54) is 0 Å². The summed E-state index contributed by atoms with van der Waals surface area (Å²) >= 11 is 10.6. The maximum Gasteiger partial charge on any atom is 0.210 e. The third-order valence-electron chi connectivity index (χ3n) is 0.581. The summed E-state index contributed by atoms with van der Waals surface area (Å²) in [4.78, 5) is 0.